The van der Waals surface area contributed by atoms with Crippen LogP contribution in [0.15, 0.2) is 29.2 Å². The summed E-state index contributed by atoms with van der Waals surface area (Å²) < 4.78 is 0. The van der Waals surface area contributed by atoms with Gasteiger partial charge in [-0.05, 0) is 50.3 Å². The maximum absolute atomic E-state index is 5.99. The van der Waals surface area contributed by atoms with Gasteiger partial charge in [-0.25, -0.2) is 9.97 Å². The van der Waals surface area contributed by atoms with Crippen molar-refractivity contribution in [1.29, 1.82) is 0 Å². The van der Waals surface area contributed by atoms with E-state index in [1.165, 1.54) is 17.7 Å². The van der Waals surface area contributed by atoms with Crippen molar-refractivity contribution < 1.29 is 0 Å². The second kappa shape index (κ2) is 5.32. The standard InChI is InChI=1S/C15H18N4S/c1-9-13(16)18-15(10-3-4-10)19-14(9)17-11-5-7-12(20-2)8-6-11/h5-8,10H,3-4H2,1-2H3,(H3,16,17,18,19). The number of hydrogen-bond donors (Lipinski definition) is 2. The summed E-state index contributed by atoms with van der Waals surface area (Å²) in [5.74, 6) is 2.76. The predicted molar refractivity (Wildman–Crippen MR) is 84.7 cm³/mol. The molecule has 0 aliphatic heterocycles. The van der Waals surface area contributed by atoms with Gasteiger partial charge in [-0.2, -0.15) is 0 Å². The summed E-state index contributed by atoms with van der Waals surface area (Å²) >= 11 is 1.73. The summed E-state index contributed by atoms with van der Waals surface area (Å²) in [6.07, 6.45) is 4.41. The zero-order valence-electron chi connectivity index (χ0n) is 11.7. The van der Waals surface area contributed by atoms with Gasteiger partial charge in [0.1, 0.15) is 17.5 Å². The topological polar surface area (TPSA) is 63.8 Å². The van der Waals surface area contributed by atoms with Crippen LogP contribution in [-0.4, -0.2) is 16.2 Å². The van der Waals surface area contributed by atoms with Crippen LogP contribution in [0, 0.1) is 6.92 Å². The fourth-order valence-corrected chi connectivity index (χ4v) is 2.42. The minimum absolute atomic E-state index is 0.498. The first kappa shape index (κ1) is 13.2. The van der Waals surface area contributed by atoms with Crippen LogP contribution in [0.4, 0.5) is 17.3 Å². The van der Waals surface area contributed by atoms with Crippen LogP contribution in [0.5, 0.6) is 0 Å². The van der Waals surface area contributed by atoms with Crippen LogP contribution in [0.2, 0.25) is 0 Å². The Morgan fingerprint density at radius 2 is 1.90 bits per heavy atom. The Hall–Kier alpha value is -1.75. The van der Waals surface area contributed by atoms with Gasteiger partial charge in [-0.1, -0.05) is 0 Å². The molecule has 1 aromatic heterocycles. The Balaban J connectivity index is 1.88. The molecule has 0 spiro atoms. The van der Waals surface area contributed by atoms with Gasteiger partial charge in [0.15, 0.2) is 0 Å². The molecule has 0 amide bonds. The van der Waals surface area contributed by atoms with Crippen molar-refractivity contribution in [3.8, 4) is 0 Å². The normalized spacial score (nSPS) is 14.3. The van der Waals surface area contributed by atoms with E-state index in [0.717, 1.165) is 22.9 Å². The van der Waals surface area contributed by atoms with E-state index >= 15 is 0 Å². The average molecular weight is 286 g/mol. The summed E-state index contributed by atoms with van der Waals surface area (Å²) in [4.78, 5) is 10.3. The third-order valence-electron chi connectivity index (χ3n) is 3.50. The largest absolute Gasteiger partial charge is 0.383 e. The number of aromatic nitrogens is 2. The summed E-state index contributed by atoms with van der Waals surface area (Å²) in [7, 11) is 0. The van der Waals surface area contributed by atoms with Gasteiger partial charge >= 0.3 is 0 Å². The zero-order valence-corrected chi connectivity index (χ0v) is 12.5. The summed E-state index contributed by atoms with van der Waals surface area (Å²) in [5.41, 5.74) is 7.92. The predicted octanol–water partition coefficient (Wildman–Crippen LogP) is 3.71. The van der Waals surface area contributed by atoms with Crippen LogP contribution in [-0.2, 0) is 0 Å². The van der Waals surface area contributed by atoms with E-state index in [0.29, 0.717) is 11.7 Å². The Kier molecular flexibility index (Phi) is 3.53. The molecule has 0 unspecified atom stereocenters. The molecule has 1 heterocycles. The van der Waals surface area contributed by atoms with Gasteiger partial charge in [-0.3, -0.25) is 0 Å². The van der Waals surface area contributed by atoms with Crippen molar-refractivity contribution in [3.05, 3.63) is 35.7 Å². The molecule has 1 fully saturated rings. The fourth-order valence-electron chi connectivity index (χ4n) is 2.01. The number of thioether (sulfide) groups is 1. The van der Waals surface area contributed by atoms with Gasteiger partial charge in [0, 0.05) is 22.1 Å². The lowest BCUT2D eigenvalue weighted by molar-refractivity contribution is 0.928. The summed E-state index contributed by atoms with van der Waals surface area (Å²) in [5, 5.41) is 3.35. The Bertz CT molecular complexity index is 621. The lowest BCUT2D eigenvalue weighted by Crippen LogP contribution is -2.06. The van der Waals surface area contributed by atoms with Gasteiger partial charge < -0.3 is 11.1 Å². The molecule has 104 valence electrons. The highest BCUT2D eigenvalue weighted by Crippen LogP contribution is 2.39. The highest BCUT2D eigenvalue weighted by molar-refractivity contribution is 7.98. The fraction of sp³-hybridized carbons (Fsp3) is 0.333. The molecule has 4 nitrogen and oxygen atoms in total. The number of rotatable bonds is 4. The van der Waals surface area contributed by atoms with Gasteiger partial charge in [0.05, 0.1) is 0 Å². The van der Waals surface area contributed by atoms with Crippen molar-refractivity contribution >= 4 is 29.1 Å². The second-order valence-corrected chi connectivity index (χ2v) is 5.95. The molecular weight excluding hydrogens is 268 g/mol. The number of hydrogen-bond acceptors (Lipinski definition) is 5. The van der Waals surface area contributed by atoms with Crippen molar-refractivity contribution in [1.82, 2.24) is 9.97 Å². The molecule has 0 radical (unpaired) electrons. The van der Waals surface area contributed by atoms with E-state index in [2.05, 4.69) is 45.8 Å². The molecule has 0 bridgehead atoms. The van der Waals surface area contributed by atoms with Crippen LogP contribution >= 0.6 is 11.8 Å². The van der Waals surface area contributed by atoms with Crippen LogP contribution < -0.4 is 11.1 Å². The molecule has 3 rings (SSSR count). The monoisotopic (exact) mass is 286 g/mol. The Morgan fingerprint density at radius 3 is 2.50 bits per heavy atom. The SMILES string of the molecule is CSc1ccc(Nc2nc(C3CC3)nc(N)c2C)cc1. The smallest absolute Gasteiger partial charge is 0.139 e. The Labute approximate surface area is 123 Å². The maximum atomic E-state index is 5.99. The Morgan fingerprint density at radius 1 is 1.20 bits per heavy atom. The molecule has 0 atom stereocenters. The molecule has 20 heavy (non-hydrogen) atoms. The highest BCUT2D eigenvalue weighted by atomic mass is 32.2. The van der Waals surface area contributed by atoms with E-state index in [4.69, 9.17) is 5.73 Å². The number of benzene rings is 1. The quantitative estimate of drug-likeness (QED) is 0.839. The molecular formula is C15H18N4S. The summed E-state index contributed by atoms with van der Waals surface area (Å²) in [6, 6.07) is 8.30. The van der Waals surface area contributed by atoms with Crippen molar-refractivity contribution in [2.45, 2.75) is 30.6 Å². The van der Waals surface area contributed by atoms with E-state index in [9.17, 15) is 0 Å². The number of nitrogens with zero attached hydrogens (tertiary/aromatic N) is 2. The van der Waals surface area contributed by atoms with E-state index in [1.54, 1.807) is 11.8 Å². The molecule has 1 aliphatic rings. The first-order valence-electron chi connectivity index (χ1n) is 6.72. The molecule has 1 aliphatic carbocycles. The van der Waals surface area contributed by atoms with Gasteiger partial charge in [0.25, 0.3) is 0 Å². The second-order valence-electron chi connectivity index (χ2n) is 5.07. The van der Waals surface area contributed by atoms with Crippen LogP contribution in [0.1, 0.15) is 30.1 Å². The van der Waals surface area contributed by atoms with E-state index < -0.39 is 0 Å². The number of nitrogen functional groups attached to an aromatic ring is 1. The number of anilines is 3. The van der Waals surface area contributed by atoms with Crippen LogP contribution in [0.3, 0.4) is 0 Å². The molecule has 0 saturated heterocycles. The van der Waals surface area contributed by atoms with Crippen molar-refractivity contribution in [3.63, 3.8) is 0 Å². The molecule has 3 N–H and O–H groups in total. The third-order valence-corrected chi connectivity index (χ3v) is 4.24. The highest BCUT2D eigenvalue weighted by Gasteiger charge is 2.27. The minimum atomic E-state index is 0.498. The summed E-state index contributed by atoms with van der Waals surface area (Å²) in [6.45, 7) is 1.95. The maximum Gasteiger partial charge on any atom is 0.139 e. The van der Waals surface area contributed by atoms with Crippen molar-refractivity contribution in [2.75, 3.05) is 17.3 Å². The average Bonchev–Trinajstić information content (AvgIpc) is 3.29. The third kappa shape index (κ3) is 2.72. The van der Waals surface area contributed by atoms with Gasteiger partial charge in [-0.15, -0.1) is 11.8 Å². The minimum Gasteiger partial charge on any atom is -0.383 e. The molecule has 5 heteroatoms. The lowest BCUT2D eigenvalue weighted by Gasteiger charge is -2.12. The number of nitrogens with two attached hydrogens (primary N) is 1. The first-order chi connectivity index (χ1) is 9.67. The molecule has 1 saturated carbocycles. The van der Waals surface area contributed by atoms with E-state index in [-0.39, 0.29) is 0 Å². The van der Waals surface area contributed by atoms with Crippen molar-refractivity contribution in [2.24, 2.45) is 0 Å². The van der Waals surface area contributed by atoms with E-state index in [1.807, 2.05) is 6.92 Å². The van der Waals surface area contributed by atoms with Gasteiger partial charge in [0.2, 0.25) is 0 Å². The zero-order chi connectivity index (χ0) is 14.1. The van der Waals surface area contributed by atoms with Crippen LogP contribution in [0.25, 0.3) is 0 Å². The first-order valence-corrected chi connectivity index (χ1v) is 7.95. The molecule has 1 aromatic carbocycles. The number of nitrogens with one attached hydrogen (secondary N) is 1. The molecule has 2 aromatic rings. The lowest BCUT2D eigenvalue weighted by atomic mass is 10.2.